The number of aliphatic hydroxyl groups is 1. The molecule has 0 aromatic heterocycles. The van der Waals surface area contributed by atoms with Crippen molar-refractivity contribution < 1.29 is 43.2 Å². The molecule has 2 aliphatic heterocycles. The van der Waals surface area contributed by atoms with Crippen LogP contribution in [0, 0.1) is 5.92 Å². The van der Waals surface area contributed by atoms with Crippen LogP contribution in [0.1, 0.15) is 27.2 Å². The molecule has 160 valence electrons. The molecule has 2 aliphatic rings. The Bertz CT molecular complexity index is 779. The van der Waals surface area contributed by atoms with Crippen molar-refractivity contribution in [2.75, 3.05) is 27.4 Å². The number of carbonyl (C=O) groups is 3. The van der Waals surface area contributed by atoms with Gasteiger partial charge in [-0.05, 0) is 45.4 Å². The predicted molar refractivity (Wildman–Crippen MR) is 99.5 cm³/mol. The largest absolute Gasteiger partial charge is 0.508 e. The predicted octanol–water partition coefficient (Wildman–Crippen LogP) is 1.73. The number of rotatable bonds is 6. The van der Waals surface area contributed by atoms with Crippen molar-refractivity contribution in [3.63, 3.8) is 0 Å². The third-order valence-electron chi connectivity index (χ3n) is 4.79. The fourth-order valence-corrected chi connectivity index (χ4v) is 3.30. The number of esters is 3. The van der Waals surface area contributed by atoms with Crippen molar-refractivity contribution in [1.82, 2.24) is 0 Å². The van der Waals surface area contributed by atoms with Gasteiger partial charge in [-0.2, -0.15) is 0 Å². The molecule has 29 heavy (non-hydrogen) atoms. The highest BCUT2D eigenvalue weighted by Gasteiger charge is 2.54. The summed E-state index contributed by atoms with van der Waals surface area (Å²) in [6, 6.07) is 0. The van der Waals surface area contributed by atoms with Crippen molar-refractivity contribution in [3.05, 3.63) is 35.1 Å². The van der Waals surface area contributed by atoms with Crippen molar-refractivity contribution in [2.24, 2.45) is 5.92 Å². The van der Waals surface area contributed by atoms with Crippen LogP contribution in [-0.4, -0.2) is 61.8 Å². The molecule has 3 atom stereocenters. The van der Waals surface area contributed by atoms with Crippen LogP contribution in [0.15, 0.2) is 35.1 Å². The van der Waals surface area contributed by atoms with E-state index in [1.165, 1.54) is 33.3 Å². The van der Waals surface area contributed by atoms with Crippen LogP contribution in [0.2, 0.25) is 0 Å². The Hall–Kier alpha value is -2.65. The van der Waals surface area contributed by atoms with E-state index >= 15 is 0 Å². The monoisotopic (exact) mass is 410 g/mol. The highest BCUT2D eigenvalue weighted by molar-refractivity contribution is 5.97. The fourth-order valence-electron chi connectivity index (χ4n) is 3.30. The van der Waals surface area contributed by atoms with Gasteiger partial charge in [-0.15, -0.1) is 0 Å². The maximum absolute atomic E-state index is 12.7. The SMILES string of the molecule is CCOC(=O)C1=C(\O)[C@]2(C)C=C[C@@](OC)(O2)[C@H](C(=O)OCC)C/C(C(=O)OC)=C\1. The molecule has 0 fully saturated rings. The summed E-state index contributed by atoms with van der Waals surface area (Å²) in [6.45, 7) is 4.90. The molecule has 9 nitrogen and oxygen atoms in total. The third-order valence-corrected chi connectivity index (χ3v) is 4.79. The minimum Gasteiger partial charge on any atom is -0.508 e. The van der Waals surface area contributed by atoms with Crippen LogP contribution in [0.4, 0.5) is 0 Å². The van der Waals surface area contributed by atoms with Crippen LogP contribution < -0.4 is 0 Å². The second-order valence-electron chi connectivity index (χ2n) is 6.62. The Morgan fingerprint density at radius 3 is 2.34 bits per heavy atom. The lowest BCUT2D eigenvalue weighted by Gasteiger charge is -2.36. The molecule has 0 aliphatic carbocycles. The van der Waals surface area contributed by atoms with Crippen LogP contribution in [-0.2, 0) is 38.1 Å². The van der Waals surface area contributed by atoms with Crippen LogP contribution in [0.3, 0.4) is 0 Å². The average Bonchev–Trinajstić information content (AvgIpc) is 3.07. The van der Waals surface area contributed by atoms with Crippen molar-refractivity contribution in [1.29, 1.82) is 0 Å². The summed E-state index contributed by atoms with van der Waals surface area (Å²) in [5.41, 5.74) is -1.84. The Morgan fingerprint density at radius 1 is 1.14 bits per heavy atom. The molecule has 0 amide bonds. The van der Waals surface area contributed by atoms with Crippen LogP contribution in [0.5, 0.6) is 0 Å². The van der Waals surface area contributed by atoms with Gasteiger partial charge in [0.25, 0.3) is 0 Å². The van der Waals surface area contributed by atoms with E-state index in [-0.39, 0.29) is 30.8 Å². The first-order valence-corrected chi connectivity index (χ1v) is 9.20. The summed E-state index contributed by atoms with van der Waals surface area (Å²) in [5.74, 6) is -5.53. The van der Waals surface area contributed by atoms with E-state index < -0.39 is 41.0 Å². The van der Waals surface area contributed by atoms with Gasteiger partial charge >= 0.3 is 17.9 Å². The lowest BCUT2D eigenvalue weighted by molar-refractivity contribution is -0.246. The first-order valence-electron chi connectivity index (χ1n) is 9.20. The molecule has 0 saturated carbocycles. The smallest absolute Gasteiger partial charge is 0.341 e. The average molecular weight is 410 g/mol. The molecular formula is C20H26O9. The number of methoxy groups -OCH3 is 2. The summed E-state index contributed by atoms with van der Waals surface area (Å²) in [7, 11) is 2.49. The molecule has 0 radical (unpaired) electrons. The molecule has 9 heteroatoms. The zero-order valence-corrected chi connectivity index (χ0v) is 17.1. The normalized spacial score (nSPS) is 33.0. The second-order valence-corrected chi connectivity index (χ2v) is 6.62. The topological polar surface area (TPSA) is 118 Å². The Morgan fingerprint density at radius 2 is 1.79 bits per heavy atom. The second kappa shape index (κ2) is 8.79. The summed E-state index contributed by atoms with van der Waals surface area (Å²) >= 11 is 0. The number of hydrogen-bond donors (Lipinski definition) is 1. The van der Waals surface area contributed by atoms with E-state index in [4.69, 9.17) is 23.7 Å². The van der Waals surface area contributed by atoms with Crippen molar-refractivity contribution >= 4 is 17.9 Å². The van der Waals surface area contributed by atoms with E-state index in [0.717, 1.165) is 6.08 Å². The van der Waals surface area contributed by atoms with Gasteiger partial charge in [0.2, 0.25) is 5.79 Å². The van der Waals surface area contributed by atoms with E-state index in [1.54, 1.807) is 13.8 Å². The summed E-state index contributed by atoms with van der Waals surface area (Å²) < 4.78 is 26.5. The summed E-state index contributed by atoms with van der Waals surface area (Å²) in [5, 5.41) is 10.9. The Labute approximate surface area is 168 Å². The molecule has 2 rings (SSSR count). The molecule has 0 aromatic rings. The minimum atomic E-state index is -1.63. The minimum absolute atomic E-state index is 0.0512. The number of hydrogen-bond acceptors (Lipinski definition) is 9. The highest BCUT2D eigenvalue weighted by Crippen LogP contribution is 2.45. The number of fused-ring (bicyclic) bond motifs is 2. The summed E-state index contributed by atoms with van der Waals surface area (Å²) in [4.78, 5) is 37.6. The van der Waals surface area contributed by atoms with Gasteiger partial charge in [-0.3, -0.25) is 4.79 Å². The maximum Gasteiger partial charge on any atom is 0.341 e. The summed E-state index contributed by atoms with van der Waals surface area (Å²) in [6.07, 6.45) is 3.87. The lowest BCUT2D eigenvalue weighted by atomic mass is 9.89. The van der Waals surface area contributed by atoms with Gasteiger partial charge in [0.15, 0.2) is 0 Å². The molecule has 2 bridgehead atoms. The van der Waals surface area contributed by atoms with Gasteiger partial charge in [0.1, 0.15) is 22.9 Å². The first-order chi connectivity index (χ1) is 13.7. The van der Waals surface area contributed by atoms with Crippen LogP contribution in [0.25, 0.3) is 0 Å². The van der Waals surface area contributed by atoms with Gasteiger partial charge < -0.3 is 28.8 Å². The van der Waals surface area contributed by atoms with E-state index in [1.807, 2.05) is 0 Å². The molecule has 2 heterocycles. The van der Waals surface area contributed by atoms with Gasteiger partial charge in [-0.1, -0.05) is 0 Å². The van der Waals surface area contributed by atoms with Crippen molar-refractivity contribution in [2.45, 2.75) is 38.6 Å². The maximum atomic E-state index is 12.7. The standard InChI is InChI=1S/C20H26O9/c1-6-27-17(23)13-10-12(16(22)25-4)11-14(18(24)28-7-2)20(26-5)9-8-19(3,29-20)15(13)21/h8-10,14,21H,6-7,11H2,1-5H3/b12-10+,15-13-/t14-,19-,20+/m0/s1. The third kappa shape index (κ3) is 4.20. The Kier molecular flexibility index (Phi) is 6.86. The zero-order chi connectivity index (χ0) is 21.8. The first kappa shape index (κ1) is 22.6. The number of aliphatic hydroxyl groups excluding tert-OH is 1. The molecule has 0 saturated heterocycles. The quantitative estimate of drug-likeness (QED) is 0.397. The molecular weight excluding hydrogens is 384 g/mol. The lowest BCUT2D eigenvalue weighted by Crippen LogP contribution is -2.47. The van der Waals surface area contributed by atoms with E-state index in [0.29, 0.717) is 0 Å². The van der Waals surface area contributed by atoms with E-state index in [2.05, 4.69) is 0 Å². The van der Waals surface area contributed by atoms with Gasteiger partial charge in [0.05, 0.1) is 20.3 Å². The highest BCUT2D eigenvalue weighted by atomic mass is 16.7. The number of ether oxygens (including phenoxy) is 5. The van der Waals surface area contributed by atoms with Gasteiger partial charge in [-0.25, -0.2) is 9.59 Å². The molecule has 0 spiro atoms. The Balaban J connectivity index is 2.73. The van der Waals surface area contributed by atoms with Gasteiger partial charge in [0, 0.05) is 12.7 Å². The molecule has 0 unspecified atom stereocenters. The van der Waals surface area contributed by atoms with Crippen LogP contribution >= 0.6 is 0 Å². The number of carbonyl (C=O) groups excluding carboxylic acids is 3. The van der Waals surface area contributed by atoms with Crippen molar-refractivity contribution in [3.8, 4) is 0 Å². The zero-order valence-electron chi connectivity index (χ0n) is 17.1. The molecule has 0 aromatic carbocycles. The fraction of sp³-hybridized carbons (Fsp3) is 0.550. The van der Waals surface area contributed by atoms with E-state index in [9.17, 15) is 19.5 Å². The molecule has 1 N–H and O–H groups in total.